The van der Waals surface area contributed by atoms with E-state index in [1.165, 1.54) is 0 Å². The van der Waals surface area contributed by atoms with Crippen molar-refractivity contribution < 1.29 is 5.11 Å². The highest BCUT2D eigenvalue weighted by atomic mass is 127. The fourth-order valence-electron chi connectivity index (χ4n) is 1.96. The lowest BCUT2D eigenvalue weighted by Gasteiger charge is -2.15. The first-order valence-electron chi connectivity index (χ1n) is 7.77. The molecule has 0 saturated carbocycles. The molecule has 0 fully saturated rings. The topological polar surface area (TPSA) is 56.7 Å². The molecular weight excluding hydrogens is 365 g/mol. The van der Waals surface area contributed by atoms with Gasteiger partial charge in [0.05, 0.1) is 0 Å². The van der Waals surface area contributed by atoms with Crippen LogP contribution >= 0.6 is 24.0 Å². The molecule has 0 radical (unpaired) electrons. The molecule has 1 atom stereocenters. The van der Waals surface area contributed by atoms with E-state index in [9.17, 15) is 0 Å². The van der Waals surface area contributed by atoms with Crippen molar-refractivity contribution in [2.24, 2.45) is 16.8 Å². The quantitative estimate of drug-likeness (QED) is 0.301. The zero-order chi connectivity index (χ0) is 14.5. The van der Waals surface area contributed by atoms with Crippen LogP contribution in [-0.2, 0) is 0 Å². The number of hydrogen-bond donors (Lipinski definition) is 3. The fourth-order valence-corrected chi connectivity index (χ4v) is 1.96. The maximum absolute atomic E-state index is 9.05. The van der Waals surface area contributed by atoms with E-state index in [-0.39, 0.29) is 30.6 Å². The van der Waals surface area contributed by atoms with Crippen molar-refractivity contribution in [2.75, 3.05) is 26.2 Å². The first kappa shape index (κ1) is 22.2. The minimum Gasteiger partial charge on any atom is -0.396 e. The van der Waals surface area contributed by atoms with E-state index in [1.807, 2.05) is 0 Å². The number of guanidine groups is 1. The second-order valence-corrected chi connectivity index (χ2v) is 5.50. The molecule has 0 aromatic carbocycles. The van der Waals surface area contributed by atoms with Crippen LogP contribution in [0, 0.1) is 11.8 Å². The van der Waals surface area contributed by atoms with E-state index in [4.69, 9.17) is 5.11 Å². The Kier molecular flexibility index (Phi) is 17.1. The van der Waals surface area contributed by atoms with E-state index < -0.39 is 0 Å². The lowest BCUT2D eigenvalue weighted by Crippen LogP contribution is -2.38. The van der Waals surface area contributed by atoms with Gasteiger partial charge in [0, 0.05) is 26.2 Å². The van der Waals surface area contributed by atoms with Crippen LogP contribution in [0.1, 0.15) is 53.4 Å². The first-order chi connectivity index (χ1) is 9.13. The van der Waals surface area contributed by atoms with Crippen LogP contribution in [0.2, 0.25) is 0 Å². The van der Waals surface area contributed by atoms with Crippen LogP contribution in [0.5, 0.6) is 0 Å². The number of nitrogens with zero attached hydrogens (tertiary/aromatic N) is 1. The van der Waals surface area contributed by atoms with Gasteiger partial charge in [0.1, 0.15) is 0 Å². The summed E-state index contributed by atoms with van der Waals surface area (Å²) in [6.07, 6.45) is 4.29. The Bertz CT molecular complexity index is 229. The molecule has 3 N–H and O–H groups in total. The molecule has 0 rings (SSSR count). The third kappa shape index (κ3) is 13.0. The Balaban J connectivity index is 0. The number of nitrogens with one attached hydrogen (secondary N) is 2. The Morgan fingerprint density at radius 2 is 1.80 bits per heavy atom. The van der Waals surface area contributed by atoms with Crippen LogP contribution < -0.4 is 10.6 Å². The Morgan fingerprint density at radius 3 is 2.30 bits per heavy atom. The Hall–Kier alpha value is -0.0400. The van der Waals surface area contributed by atoms with Gasteiger partial charge in [-0.1, -0.05) is 27.2 Å². The van der Waals surface area contributed by atoms with Gasteiger partial charge in [-0.15, -0.1) is 24.0 Å². The van der Waals surface area contributed by atoms with E-state index in [1.54, 1.807) is 0 Å². The van der Waals surface area contributed by atoms with Crippen LogP contribution in [0.25, 0.3) is 0 Å². The third-order valence-corrected chi connectivity index (χ3v) is 3.10. The Labute approximate surface area is 142 Å². The van der Waals surface area contributed by atoms with Gasteiger partial charge in [0.15, 0.2) is 5.96 Å². The normalized spacial score (nSPS) is 13.0. The van der Waals surface area contributed by atoms with Gasteiger partial charge >= 0.3 is 0 Å². The second kappa shape index (κ2) is 15.4. The van der Waals surface area contributed by atoms with E-state index in [0.717, 1.165) is 51.3 Å². The van der Waals surface area contributed by atoms with Gasteiger partial charge in [-0.3, -0.25) is 4.99 Å². The molecule has 0 aliphatic carbocycles. The van der Waals surface area contributed by atoms with Crippen molar-refractivity contribution in [3.05, 3.63) is 0 Å². The summed E-state index contributed by atoms with van der Waals surface area (Å²) in [5.74, 6) is 2.11. The average molecular weight is 399 g/mol. The van der Waals surface area contributed by atoms with Crippen molar-refractivity contribution in [3.8, 4) is 0 Å². The molecule has 0 aliphatic rings. The smallest absolute Gasteiger partial charge is 0.191 e. The first-order valence-corrected chi connectivity index (χ1v) is 7.77. The SMILES string of the molecule is CCCC(CCO)CN=C(NCC)NCCC(C)C.I. The minimum atomic E-state index is 0. The van der Waals surface area contributed by atoms with Gasteiger partial charge in [0.2, 0.25) is 0 Å². The maximum atomic E-state index is 9.05. The summed E-state index contributed by atoms with van der Waals surface area (Å²) in [4.78, 5) is 4.63. The lowest BCUT2D eigenvalue weighted by atomic mass is 10.0. The maximum Gasteiger partial charge on any atom is 0.191 e. The molecule has 122 valence electrons. The third-order valence-electron chi connectivity index (χ3n) is 3.10. The molecule has 1 unspecified atom stereocenters. The summed E-state index contributed by atoms with van der Waals surface area (Å²) in [5, 5.41) is 15.7. The van der Waals surface area contributed by atoms with Crippen molar-refractivity contribution in [1.82, 2.24) is 10.6 Å². The van der Waals surface area contributed by atoms with Crippen LogP contribution in [0.3, 0.4) is 0 Å². The molecule has 0 amide bonds. The predicted octanol–water partition coefficient (Wildman–Crippen LogP) is 3.00. The zero-order valence-corrected chi connectivity index (χ0v) is 15.9. The number of aliphatic imine (C=N–C) groups is 1. The molecule has 0 saturated heterocycles. The van der Waals surface area contributed by atoms with Gasteiger partial charge in [-0.25, -0.2) is 0 Å². The number of hydrogen-bond acceptors (Lipinski definition) is 2. The molecule has 0 spiro atoms. The summed E-state index contributed by atoms with van der Waals surface area (Å²) < 4.78 is 0. The van der Waals surface area contributed by atoms with Crippen molar-refractivity contribution in [1.29, 1.82) is 0 Å². The zero-order valence-electron chi connectivity index (χ0n) is 13.6. The van der Waals surface area contributed by atoms with Crippen LogP contribution in [-0.4, -0.2) is 37.3 Å². The number of aliphatic hydroxyl groups is 1. The van der Waals surface area contributed by atoms with E-state index in [0.29, 0.717) is 11.8 Å². The molecule has 0 aromatic rings. The van der Waals surface area contributed by atoms with Gasteiger partial charge < -0.3 is 15.7 Å². The molecule has 0 heterocycles. The number of halogens is 1. The van der Waals surface area contributed by atoms with Crippen molar-refractivity contribution in [3.63, 3.8) is 0 Å². The minimum absolute atomic E-state index is 0. The largest absolute Gasteiger partial charge is 0.396 e. The second-order valence-electron chi connectivity index (χ2n) is 5.50. The van der Waals surface area contributed by atoms with Crippen LogP contribution in [0.15, 0.2) is 4.99 Å². The highest BCUT2D eigenvalue weighted by molar-refractivity contribution is 14.0. The molecule has 0 aromatic heterocycles. The summed E-state index contributed by atoms with van der Waals surface area (Å²) >= 11 is 0. The fraction of sp³-hybridized carbons (Fsp3) is 0.933. The van der Waals surface area contributed by atoms with Crippen molar-refractivity contribution >= 4 is 29.9 Å². The molecule has 0 bridgehead atoms. The van der Waals surface area contributed by atoms with E-state index >= 15 is 0 Å². The van der Waals surface area contributed by atoms with Crippen LogP contribution in [0.4, 0.5) is 0 Å². The monoisotopic (exact) mass is 399 g/mol. The van der Waals surface area contributed by atoms with Gasteiger partial charge in [0.25, 0.3) is 0 Å². The summed E-state index contributed by atoms with van der Waals surface area (Å²) in [5.41, 5.74) is 0. The standard InChI is InChI=1S/C15H33N3O.HI/c1-5-7-14(9-11-19)12-18-15(16-6-2)17-10-8-13(3)4;/h13-14,19H,5-12H2,1-4H3,(H2,16,17,18);1H. The lowest BCUT2D eigenvalue weighted by molar-refractivity contribution is 0.253. The summed E-state index contributed by atoms with van der Waals surface area (Å²) in [7, 11) is 0. The van der Waals surface area contributed by atoms with Gasteiger partial charge in [-0.2, -0.15) is 0 Å². The molecule has 20 heavy (non-hydrogen) atoms. The summed E-state index contributed by atoms with van der Waals surface area (Å²) in [6.45, 7) is 11.6. The molecule has 5 heteroatoms. The molecule has 4 nitrogen and oxygen atoms in total. The number of aliphatic hydroxyl groups excluding tert-OH is 1. The highest BCUT2D eigenvalue weighted by Gasteiger charge is 2.07. The average Bonchev–Trinajstić information content (AvgIpc) is 2.35. The van der Waals surface area contributed by atoms with Crippen molar-refractivity contribution in [2.45, 2.75) is 53.4 Å². The van der Waals surface area contributed by atoms with Gasteiger partial charge in [-0.05, 0) is 38.0 Å². The highest BCUT2D eigenvalue weighted by Crippen LogP contribution is 2.10. The predicted molar refractivity (Wildman–Crippen MR) is 99.0 cm³/mol. The number of rotatable bonds is 10. The summed E-state index contributed by atoms with van der Waals surface area (Å²) in [6, 6.07) is 0. The Morgan fingerprint density at radius 1 is 1.10 bits per heavy atom. The molecular formula is C15H34IN3O. The molecule has 0 aliphatic heterocycles. The van der Waals surface area contributed by atoms with E-state index in [2.05, 4.69) is 43.3 Å².